The Kier molecular flexibility index (Phi) is 4.59. The van der Waals surface area contributed by atoms with Gasteiger partial charge in [-0.05, 0) is 37.1 Å². The Morgan fingerprint density at radius 1 is 1.19 bits per heavy atom. The van der Waals surface area contributed by atoms with Crippen molar-refractivity contribution in [3.63, 3.8) is 0 Å². The van der Waals surface area contributed by atoms with E-state index in [1.807, 2.05) is 0 Å². The van der Waals surface area contributed by atoms with Crippen molar-refractivity contribution in [3.8, 4) is 5.75 Å². The first-order valence-electron chi connectivity index (χ1n) is 5.89. The van der Waals surface area contributed by atoms with E-state index in [0.29, 0.717) is 22.8 Å². The third kappa shape index (κ3) is 3.59. The van der Waals surface area contributed by atoms with E-state index >= 15 is 0 Å². The van der Waals surface area contributed by atoms with Crippen molar-refractivity contribution < 1.29 is 13.2 Å². The van der Waals surface area contributed by atoms with Crippen molar-refractivity contribution in [2.75, 3.05) is 12.4 Å². The van der Waals surface area contributed by atoms with Crippen LogP contribution in [0.5, 0.6) is 5.75 Å². The number of hydrogen-bond donors (Lipinski definition) is 2. The van der Waals surface area contributed by atoms with Crippen LogP contribution in [0.2, 0.25) is 5.28 Å². The van der Waals surface area contributed by atoms with Crippen molar-refractivity contribution >= 4 is 33.9 Å². The fourth-order valence-corrected chi connectivity index (χ4v) is 2.54. The van der Waals surface area contributed by atoms with Gasteiger partial charge in [0.1, 0.15) is 11.6 Å². The number of anilines is 2. The number of hydrogen-bond acceptors (Lipinski definition) is 7. The predicted octanol–water partition coefficient (Wildman–Crippen LogP) is 1.86. The molecule has 2 rings (SSSR count). The maximum absolute atomic E-state index is 11.2. The van der Waals surface area contributed by atoms with Crippen LogP contribution in [-0.2, 0) is 10.7 Å². The Bertz CT molecular complexity index is 736. The molecule has 21 heavy (non-hydrogen) atoms. The van der Waals surface area contributed by atoms with Crippen LogP contribution in [0.3, 0.4) is 0 Å². The lowest BCUT2D eigenvalue weighted by Gasteiger charge is -2.12. The van der Waals surface area contributed by atoms with Crippen molar-refractivity contribution in [1.29, 1.82) is 0 Å². The number of ether oxygens (including phenoxy) is 1. The van der Waals surface area contributed by atoms with Gasteiger partial charge in [0.2, 0.25) is 11.2 Å². The normalized spacial score (nSPS) is 10.7. The number of benzene rings is 1. The van der Waals surface area contributed by atoms with Gasteiger partial charge < -0.3 is 10.1 Å². The van der Waals surface area contributed by atoms with Crippen LogP contribution >= 0.6 is 11.6 Å². The lowest BCUT2D eigenvalue weighted by atomic mass is 10.2. The standard InChI is InChI=1S/C12H13ClN4O3S/c1-6-4-8(9(20-3)5-10(6)21(18)19)16-12-15-7(2)14-11(13)17-12/h4-5,21H,1-3H3,(H,14,15,16,17). The number of aryl methyl sites for hydroxylation is 2. The first-order chi connectivity index (χ1) is 9.90. The van der Waals surface area contributed by atoms with E-state index < -0.39 is 10.7 Å². The summed E-state index contributed by atoms with van der Waals surface area (Å²) in [7, 11) is -1.24. The Morgan fingerprint density at radius 3 is 2.48 bits per heavy atom. The second-order valence-corrected chi connectivity index (χ2v) is 5.53. The predicted molar refractivity (Wildman–Crippen MR) is 79.2 cm³/mol. The second-order valence-electron chi connectivity index (χ2n) is 4.20. The van der Waals surface area contributed by atoms with E-state index in [0.717, 1.165) is 0 Å². The Morgan fingerprint density at radius 2 is 1.90 bits per heavy atom. The van der Waals surface area contributed by atoms with Crippen molar-refractivity contribution in [1.82, 2.24) is 15.0 Å². The van der Waals surface area contributed by atoms with Crippen LogP contribution in [0.1, 0.15) is 11.4 Å². The summed E-state index contributed by atoms with van der Waals surface area (Å²) in [4.78, 5) is 12.1. The fourth-order valence-electron chi connectivity index (χ4n) is 1.77. The van der Waals surface area contributed by atoms with Crippen LogP contribution in [0.4, 0.5) is 11.6 Å². The minimum Gasteiger partial charge on any atom is -0.495 e. The lowest BCUT2D eigenvalue weighted by Crippen LogP contribution is -2.03. The molecule has 0 atom stereocenters. The van der Waals surface area contributed by atoms with Gasteiger partial charge in [0.25, 0.3) is 0 Å². The van der Waals surface area contributed by atoms with Gasteiger partial charge in [0, 0.05) is 6.07 Å². The van der Waals surface area contributed by atoms with Gasteiger partial charge >= 0.3 is 0 Å². The summed E-state index contributed by atoms with van der Waals surface area (Å²) in [6.45, 7) is 3.38. The van der Waals surface area contributed by atoms with Crippen molar-refractivity contribution in [2.45, 2.75) is 18.7 Å². The topological polar surface area (TPSA) is 94.1 Å². The minimum absolute atomic E-state index is 0.0694. The lowest BCUT2D eigenvalue weighted by molar-refractivity contribution is 0.415. The fraction of sp³-hybridized carbons (Fsp3) is 0.250. The van der Waals surface area contributed by atoms with Gasteiger partial charge in [-0.2, -0.15) is 9.97 Å². The molecule has 1 aromatic heterocycles. The third-order valence-corrected chi connectivity index (χ3v) is 3.73. The quantitative estimate of drug-likeness (QED) is 0.827. The smallest absolute Gasteiger partial charge is 0.231 e. The molecular weight excluding hydrogens is 316 g/mol. The number of nitrogens with zero attached hydrogens (tertiary/aromatic N) is 3. The van der Waals surface area contributed by atoms with Gasteiger partial charge in [0.15, 0.2) is 10.7 Å². The van der Waals surface area contributed by atoms with Gasteiger partial charge in [-0.25, -0.2) is 13.4 Å². The molecule has 0 aliphatic carbocycles. The Labute approximate surface area is 128 Å². The monoisotopic (exact) mass is 328 g/mol. The molecule has 0 spiro atoms. The number of aromatic nitrogens is 3. The molecule has 1 aromatic carbocycles. The van der Waals surface area contributed by atoms with E-state index in [1.54, 1.807) is 19.9 Å². The summed E-state index contributed by atoms with van der Waals surface area (Å²) < 4.78 is 27.5. The second kappa shape index (κ2) is 6.23. The molecule has 1 N–H and O–H groups in total. The Balaban J connectivity index is 2.46. The van der Waals surface area contributed by atoms with Crippen LogP contribution in [0.15, 0.2) is 17.0 Å². The maximum Gasteiger partial charge on any atom is 0.231 e. The Hall–Kier alpha value is -1.93. The van der Waals surface area contributed by atoms with Gasteiger partial charge in [0.05, 0.1) is 17.7 Å². The molecule has 112 valence electrons. The molecule has 0 bridgehead atoms. The molecule has 9 heteroatoms. The van der Waals surface area contributed by atoms with Crippen molar-refractivity contribution in [3.05, 3.63) is 28.8 Å². The van der Waals surface area contributed by atoms with Crippen molar-refractivity contribution in [2.24, 2.45) is 0 Å². The van der Waals surface area contributed by atoms with E-state index in [4.69, 9.17) is 16.3 Å². The van der Waals surface area contributed by atoms with E-state index in [9.17, 15) is 8.42 Å². The molecular formula is C12H13ClN4O3S. The molecule has 0 amide bonds. The zero-order chi connectivity index (χ0) is 15.6. The number of halogens is 1. The number of methoxy groups -OCH3 is 1. The summed E-state index contributed by atoms with van der Waals surface area (Å²) in [5.74, 6) is 1.08. The first kappa shape index (κ1) is 15.5. The SMILES string of the molecule is COc1cc([SH](=O)=O)c(C)cc1Nc1nc(C)nc(Cl)n1. The summed E-state index contributed by atoms with van der Waals surface area (Å²) in [5, 5.41) is 3.01. The van der Waals surface area contributed by atoms with E-state index in [1.165, 1.54) is 13.2 Å². The highest BCUT2D eigenvalue weighted by molar-refractivity contribution is 7.72. The highest BCUT2D eigenvalue weighted by atomic mass is 35.5. The van der Waals surface area contributed by atoms with Crippen LogP contribution < -0.4 is 10.1 Å². The highest BCUT2D eigenvalue weighted by Crippen LogP contribution is 2.30. The average Bonchev–Trinajstić information content (AvgIpc) is 2.37. The molecule has 2 aromatic rings. The molecule has 0 radical (unpaired) electrons. The molecule has 0 saturated heterocycles. The molecule has 0 aliphatic heterocycles. The molecule has 0 unspecified atom stereocenters. The van der Waals surface area contributed by atoms with E-state index in [2.05, 4.69) is 20.3 Å². The minimum atomic E-state index is -2.69. The van der Waals surface area contributed by atoms with E-state index in [-0.39, 0.29) is 16.1 Å². The average molecular weight is 329 g/mol. The largest absolute Gasteiger partial charge is 0.495 e. The number of thiol groups is 1. The summed E-state index contributed by atoms with van der Waals surface area (Å²) in [5.41, 5.74) is 1.13. The third-order valence-electron chi connectivity index (χ3n) is 2.68. The number of rotatable bonds is 4. The number of nitrogens with one attached hydrogen (secondary N) is 1. The highest BCUT2D eigenvalue weighted by Gasteiger charge is 2.12. The van der Waals surface area contributed by atoms with Crippen LogP contribution in [0, 0.1) is 13.8 Å². The summed E-state index contributed by atoms with van der Waals surface area (Å²) in [6.07, 6.45) is 0. The molecule has 0 fully saturated rings. The zero-order valence-electron chi connectivity index (χ0n) is 11.5. The summed E-state index contributed by atoms with van der Waals surface area (Å²) >= 11 is 5.77. The van der Waals surface area contributed by atoms with Crippen LogP contribution in [-0.4, -0.2) is 30.5 Å². The zero-order valence-corrected chi connectivity index (χ0v) is 13.2. The van der Waals surface area contributed by atoms with Gasteiger partial charge in [-0.1, -0.05) is 0 Å². The summed E-state index contributed by atoms with van der Waals surface area (Å²) in [6, 6.07) is 3.09. The molecule has 1 heterocycles. The van der Waals surface area contributed by atoms with Gasteiger partial charge in [-0.15, -0.1) is 0 Å². The van der Waals surface area contributed by atoms with Crippen LogP contribution in [0.25, 0.3) is 0 Å². The first-order valence-corrected chi connectivity index (χ1v) is 7.44. The molecule has 7 nitrogen and oxygen atoms in total. The molecule has 0 aliphatic rings. The maximum atomic E-state index is 11.2. The molecule has 0 saturated carbocycles. The van der Waals surface area contributed by atoms with Gasteiger partial charge in [-0.3, -0.25) is 0 Å².